The maximum Gasteiger partial charge on any atom is 0.332 e. The standard InChI is InChI=1S/C21H24N4O5/c1-21(2,3)14-8-6-13(7-9-14)15(26)11-30-16(27)10-25-12-22-18-17(25)19(28)24(5)20(29)23(18)4/h6-9,12H,10-11H2,1-5H3. The molecule has 3 rings (SSSR count). The number of ether oxygens (including phenoxy) is 1. The number of Topliss-reactive ketones (excluding diaryl/α,β-unsaturated/α-hetero) is 1. The van der Waals surface area contributed by atoms with Crippen LogP contribution in [0.1, 0.15) is 36.7 Å². The Hall–Kier alpha value is -3.49. The number of carbonyl (C=O) groups is 2. The summed E-state index contributed by atoms with van der Waals surface area (Å²) in [6.45, 7) is 5.53. The first kappa shape index (κ1) is 21.2. The molecule has 0 bridgehead atoms. The Bertz CT molecular complexity index is 1240. The van der Waals surface area contributed by atoms with Gasteiger partial charge in [-0.15, -0.1) is 0 Å². The van der Waals surface area contributed by atoms with Gasteiger partial charge in [0.15, 0.2) is 23.6 Å². The fourth-order valence-corrected chi connectivity index (χ4v) is 3.09. The first-order valence-corrected chi connectivity index (χ1v) is 9.41. The minimum Gasteiger partial charge on any atom is -0.456 e. The van der Waals surface area contributed by atoms with Gasteiger partial charge in [0.1, 0.15) is 6.54 Å². The number of benzene rings is 1. The second-order valence-corrected chi connectivity index (χ2v) is 8.16. The van der Waals surface area contributed by atoms with Crippen molar-refractivity contribution in [3.63, 3.8) is 0 Å². The third kappa shape index (κ3) is 3.96. The summed E-state index contributed by atoms with van der Waals surface area (Å²) in [5.41, 5.74) is 0.734. The molecule has 9 nitrogen and oxygen atoms in total. The molecule has 0 radical (unpaired) electrons. The maximum atomic E-state index is 12.4. The van der Waals surface area contributed by atoms with E-state index in [1.54, 1.807) is 12.1 Å². The lowest BCUT2D eigenvalue weighted by Crippen LogP contribution is -2.37. The van der Waals surface area contributed by atoms with Crippen LogP contribution < -0.4 is 11.2 Å². The van der Waals surface area contributed by atoms with E-state index in [9.17, 15) is 19.2 Å². The van der Waals surface area contributed by atoms with Crippen molar-refractivity contribution in [3.8, 4) is 0 Å². The quantitative estimate of drug-likeness (QED) is 0.460. The highest BCUT2D eigenvalue weighted by Gasteiger charge is 2.18. The Morgan fingerprint density at radius 3 is 2.27 bits per heavy atom. The van der Waals surface area contributed by atoms with E-state index in [2.05, 4.69) is 25.8 Å². The Balaban J connectivity index is 1.70. The van der Waals surface area contributed by atoms with Crippen LogP contribution in [0.4, 0.5) is 0 Å². The molecule has 1 aromatic carbocycles. The summed E-state index contributed by atoms with van der Waals surface area (Å²) >= 11 is 0. The number of rotatable bonds is 5. The number of hydrogen-bond donors (Lipinski definition) is 0. The molecular weight excluding hydrogens is 388 g/mol. The van der Waals surface area contributed by atoms with Crippen LogP contribution in [0.5, 0.6) is 0 Å². The molecule has 0 saturated heterocycles. The molecular formula is C21H24N4O5. The number of esters is 1. The van der Waals surface area contributed by atoms with Crippen molar-refractivity contribution in [1.82, 2.24) is 18.7 Å². The number of aromatic nitrogens is 4. The van der Waals surface area contributed by atoms with Crippen molar-refractivity contribution in [3.05, 3.63) is 62.6 Å². The zero-order chi connectivity index (χ0) is 22.2. The van der Waals surface area contributed by atoms with Crippen LogP contribution in [0.3, 0.4) is 0 Å². The van der Waals surface area contributed by atoms with Gasteiger partial charge in [0.25, 0.3) is 5.56 Å². The van der Waals surface area contributed by atoms with Gasteiger partial charge < -0.3 is 9.30 Å². The van der Waals surface area contributed by atoms with Gasteiger partial charge in [0.2, 0.25) is 0 Å². The topological polar surface area (TPSA) is 105 Å². The minimum atomic E-state index is -0.690. The Labute approximate surface area is 172 Å². The van der Waals surface area contributed by atoms with E-state index in [1.807, 2.05) is 12.1 Å². The van der Waals surface area contributed by atoms with Crippen LogP contribution in [-0.4, -0.2) is 37.0 Å². The molecule has 30 heavy (non-hydrogen) atoms. The molecule has 0 saturated carbocycles. The van der Waals surface area contributed by atoms with Crippen LogP contribution in [0.2, 0.25) is 0 Å². The van der Waals surface area contributed by atoms with Gasteiger partial charge in [-0.3, -0.25) is 23.5 Å². The van der Waals surface area contributed by atoms with Gasteiger partial charge in [-0.25, -0.2) is 9.78 Å². The summed E-state index contributed by atoms with van der Waals surface area (Å²) in [5, 5.41) is 0. The minimum absolute atomic E-state index is 0.0256. The SMILES string of the molecule is Cn1c(=O)c2c(ncn2CC(=O)OCC(=O)c2ccc(C(C)(C)C)cc2)n(C)c1=O. The first-order valence-electron chi connectivity index (χ1n) is 9.41. The van der Waals surface area contributed by atoms with Crippen molar-refractivity contribution >= 4 is 22.9 Å². The van der Waals surface area contributed by atoms with Gasteiger partial charge in [-0.05, 0) is 11.0 Å². The molecule has 0 N–H and O–H groups in total. The Morgan fingerprint density at radius 1 is 1.03 bits per heavy atom. The third-order valence-corrected chi connectivity index (χ3v) is 4.95. The molecule has 0 atom stereocenters. The summed E-state index contributed by atoms with van der Waals surface area (Å²) in [5.74, 6) is -1.01. The van der Waals surface area contributed by atoms with Crippen LogP contribution in [0.25, 0.3) is 11.2 Å². The summed E-state index contributed by atoms with van der Waals surface area (Å²) in [6, 6.07) is 7.19. The molecule has 0 aliphatic heterocycles. The Kier molecular flexibility index (Phi) is 5.47. The van der Waals surface area contributed by atoms with Gasteiger partial charge in [-0.2, -0.15) is 0 Å². The molecule has 2 heterocycles. The van der Waals surface area contributed by atoms with Crippen molar-refractivity contribution in [2.24, 2.45) is 14.1 Å². The summed E-state index contributed by atoms with van der Waals surface area (Å²) < 4.78 is 8.56. The average Bonchev–Trinajstić information content (AvgIpc) is 3.12. The van der Waals surface area contributed by atoms with Crippen molar-refractivity contribution in [1.29, 1.82) is 0 Å². The molecule has 0 fully saturated rings. The second kappa shape index (κ2) is 7.74. The highest BCUT2D eigenvalue weighted by Crippen LogP contribution is 2.22. The number of ketones is 1. The van der Waals surface area contributed by atoms with Gasteiger partial charge >= 0.3 is 11.7 Å². The monoisotopic (exact) mass is 412 g/mol. The van der Waals surface area contributed by atoms with Crippen LogP contribution in [0.15, 0.2) is 40.2 Å². The van der Waals surface area contributed by atoms with Crippen molar-refractivity contribution in [2.45, 2.75) is 32.7 Å². The molecule has 0 aliphatic carbocycles. The van der Waals surface area contributed by atoms with Crippen LogP contribution >= 0.6 is 0 Å². The number of nitrogens with zero attached hydrogens (tertiary/aromatic N) is 4. The maximum absolute atomic E-state index is 12.4. The fraction of sp³-hybridized carbons (Fsp3) is 0.381. The summed E-state index contributed by atoms with van der Waals surface area (Å²) in [4.78, 5) is 53.0. The predicted octanol–water partition coefficient (Wildman–Crippen LogP) is 1.16. The van der Waals surface area contributed by atoms with Crippen LogP contribution in [0, 0.1) is 0 Å². The number of imidazole rings is 1. The summed E-state index contributed by atoms with van der Waals surface area (Å²) in [7, 11) is 2.84. The summed E-state index contributed by atoms with van der Waals surface area (Å²) in [6.07, 6.45) is 1.29. The van der Waals surface area contributed by atoms with Gasteiger partial charge in [0.05, 0.1) is 6.33 Å². The molecule has 0 spiro atoms. The number of hydrogen-bond acceptors (Lipinski definition) is 6. The zero-order valence-corrected chi connectivity index (χ0v) is 17.6. The number of fused-ring (bicyclic) bond motifs is 1. The van der Waals surface area contributed by atoms with E-state index in [1.165, 1.54) is 29.6 Å². The second-order valence-electron chi connectivity index (χ2n) is 8.16. The smallest absolute Gasteiger partial charge is 0.332 e. The number of aryl methyl sites for hydroxylation is 1. The third-order valence-electron chi connectivity index (χ3n) is 4.95. The first-order chi connectivity index (χ1) is 14.0. The molecule has 0 amide bonds. The van der Waals surface area contributed by atoms with Crippen molar-refractivity contribution in [2.75, 3.05) is 6.61 Å². The van der Waals surface area contributed by atoms with Gasteiger partial charge in [-0.1, -0.05) is 45.0 Å². The predicted molar refractivity (Wildman–Crippen MR) is 111 cm³/mol. The van der Waals surface area contributed by atoms with E-state index < -0.39 is 23.8 Å². The highest BCUT2D eigenvalue weighted by molar-refractivity contribution is 5.98. The van der Waals surface area contributed by atoms with E-state index in [4.69, 9.17) is 4.74 Å². The average molecular weight is 412 g/mol. The largest absolute Gasteiger partial charge is 0.456 e. The number of carbonyl (C=O) groups excluding carboxylic acids is 2. The molecule has 0 unspecified atom stereocenters. The van der Waals surface area contributed by atoms with Crippen LogP contribution in [-0.2, 0) is 35.6 Å². The zero-order valence-electron chi connectivity index (χ0n) is 17.6. The fourth-order valence-electron chi connectivity index (χ4n) is 3.09. The van der Waals surface area contributed by atoms with Crippen molar-refractivity contribution < 1.29 is 14.3 Å². The molecule has 9 heteroatoms. The molecule has 3 aromatic rings. The molecule has 0 aliphatic rings. The lowest BCUT2D eigenvalue weighted by molar-refractivity contribution is -0.143. The molecule has 2 aromatic heterocycles. The van der Waals surface area contributed by atoms with E-state index in [0.717, 1.165) is 10.1 Å². The van der Waals surface area contributed by atoms with E-state index in [-0.39, 0.29) is 28.9 Å². The lowest BCUT2D eigenvalue weighted by Gasteiger charge is -2.18. The highest BCUT2D eigenvalue weighted by atomic mass is 16.5. The van der Waals surface area contributed by atoms with E-state index >= 15 is 0 Å². The normalized spacial score (nSPS) is 11.6. The Morgan fingerprint density at radius 2 is 1.67 bits per heavy atom. The lowest BCUT2D eigenvalue weighted by atomic mass is 9.86. The van der Waals surface area contributed by atoms with Gasteiger partial charge in [0, 0.05) is 19.7 Å². The van der Waals surface area contributed by atoms with E-state index in [0.29, 0.717) is 5.56 Å². The molecule has 158 valence electrons.